The fourth-order valence-electron chi connectivity index (χ4n) is 5.56. The van der Waals surface area contributed by atoms with Crippen LogP contribution in [0.2, 0.25) is 0 Å². The third kappa shape index (κ3) is 6.33. The molecule has 6 rings (SSSR count). The number of nitrogens with two attached hydrogens (primary N) is 1. The maximum Gasteiger partial charge on any atom is 0.398 e. The minimum absolute atomic E-state index is 0.131. The van der Waals surface area contributed by atoms with Crippen LogP contribution in [0.3, 0.4) is 0 Å². The Kier molecular flexibility index (Phi) is 8.28. The summed E-state index contributed by atoms with van der Waals surface area (Å²) in [6, 6.07) is 17.4. The topological polar surface area (TPSA) is 121 Å². The quantitative estimate of drug-likeness (QED) is 0.182. The van der Waals surface area contributed by atoms with Gasteiger partial charge < -0.3 is 20.5 Å². The van der Waals surface area contributed by atoms with Crippen LogP contribution in [-0.2, 0) is 11.2 Å². The van der Waals surface area contributed by atoms with E-state index in [1.165, 1.54) is 19.2 Å². The van der Waals surface area contributed by atoms with Crippen LogP contribution in [0.1, 0.15) is 53.3 Å². The van der Waals surface area contributed by atoms with Gasteiger partial charge in [0.15, 0.2) is 0 Å². The first kappa shape index (κ1) is 30.9. The summed E-state index contributed by atoms with van der Waals surface area (Å²) in [5.74, 6) is -3.14. The van der Waals surface area contributed by atoms with Gasteiger partial charge in [-0.3, -0.25) is 14.3 Å². The van der Waals surface area contributed by atoms with Crippen molar-refractivity contribution in [1.82, 2.24) is 20.1 Å². The van der Waals surface area contributed by atoms with Crippen LogP contribution in [0.15, 0.2) is 66.9 Å². The van der Waals surface area contributed by atoms with Gasteiger partial charge in [0.25, 0.3) is 5.91 Å². The monoisotopic (exact) mass is 631 g/mol. The van der Waals surface area contributed by atoms with E-state index < -0.39 is 30.5 Å². The Bertz CT molecular complexity index is 1950. The molecule has 9 nitrogen and oxygen atoms in total. The maximum absolute atomic E-state index is 14.7. The molecule has 0 aliphatic heterocycles. The first-order chi connectivity index (χ1) is 22.0. The normalized spacial score (nSPS) is 13.9. The number of pyridine rings is 1. The van der Waals surface area contributed by atoms with Gasteiger partial charge in [0.1, 0.15) is 28.6 Å². The zero-order valence-electron chi connectivity index (χ0n) is 25.2. The zero-order valence-corrected chi connectivity index (χ0v) is 25.2. The predicted molar refractivity (Wildman–Crippen MR) is 167 cm³/mol. The molecular formula is C34H32F3N5O4. The van der Waals surface area contributed by atoms with Crippen molar-refractivity contribution in [2.45, 2.75) is 44.3 Å². The summed E-state index contributed by atoms with van der Waals surface area (Å²) in [5, 5.41) is 9.42. The smallest absolute Gasteiger partial charge is 0.398 e. The van der Waals surface area contributed by atoms with E-state index in [0.717, 1.165) is 23.6 Å². The van der Waals surface area contributed by atoms with Crippen LogP contribution in [0.4, 0.5) is 13.2 Å². The number of ether oxygens (including phenoxy) is 2. The van der Waals surface area contributed by atoms with Crippen LogP contribution in [0, 0.1) is 0 Å². The second-order valence-electron chi connectivity index (χ2n) is 11.3. The number of nitrogens with zero attached hydrogens (tertiary/aromatic N) is 3. The van der Waals surface area contributed by atoms with Crippen molar-refractivity contribution in [2.75, 3.05) is 20.3 Å². The highest BCUT2D eigenvalue weighted by Gasteiger charge is 2.43. The van der Waals surface area contributed by atoms with Crippen molar-refractivity contribution in [3.63, 3.8) is 0 Å². The number of methoxy groups -OCH3 is 1. The van der Waals surface area contributed by atoms with Gasteiger partial charge in [-0.25, -0.2) is 4.98 Å². The van der Waals surface area contributed by atoms with E-state index in [1.807, 2.05) is 41.2 Å². The molecule has 2 amide bonds. The lowest BCUT2D eigenvalue weighted by atomic mass is 9.96. The highest BCUT2D eigenvalue weighted by atomic mass is 19.4. The van der Waals surface area contributed by atoms with Crippen LogP contribution >= 0.6 is 0 Å². The molecule has 3 aromatic carbocycles. The zero-order chi connectivity index (χ0) is 32.6. The van der Waals surface area contributed by atoms with Crippen molar-refractivity contribution < 1.29 is 32.2 Å². The largest absolute Gasteiger partial charge is 0.494 e. The van der Waals surface area contributed by atoms with Crippen molar-refractivity contribution in [3.8, 4) is 22.8 Å². The molecule has 1 aliphatic rings. The molecule has 3 N–H and O–H groups in total. The van der Waals surface area contributed by atoms with E-state index in [2.05, 4.69) is 15.4 Å². The summed E-state index contributed by atoms with van der Waals surface area (Å²) in [6.45, 7) is 1.10. The number of hydrogen-bond donors (Lipinski definition) is 2. The molecule has 0 unspecified atom stereocenters. The SMILES string of the molecule is CCOc1c(CC(N)=O)cc([C@@H](CNC(=O)c2cc(OC)c3nn(C4CC4)cc3c2)C(F)(F)F)nc1-c1ccc2ccccc2c1. The molecule has 1 atom stereocenters. The molecule has 0 radical (unpaired) electrons. The Morgan fingerprint density at radius 3 is 2.50 bits per heavy atom. The number of primary amides is 1. The van der Waals surface area contributed by atoms with Gasteiger partial charge in [-0.1, -0.05) is 36.4 Å². The average Bonchev–Trinajstić information content (AvgIpc) is 3.78. The van der Waals surface area contributed by atoms with Gasteiger partial charge in [-0.05, 0) is 54.8 Å². The fourth-order valence-corrected chi connectivity index (χ4v) is 5.56. The van der Waals surface area contributed by atoms with Gasteiger partial charge in [0.05, 0.1) is 31.9 Å². The van der Waals surface area contributed by atoms with E-state index in [4.69, 9.17) is 15.2 Å². The molecule has 0 bridgehead atoms. The Hall–Kier alpha value is -5.13. The molecule has 46 heavy (non-hydrogen) atoms. The molecule has 2 aromatic heterocycles. The lowest BCUT2D eigenvalue weighted by Gasteiger charge is -2.23. The highest BCUT2D eigenvalue weighted by Crippen LogP contribution is 2.40. The number of alkyl halides is 3. The number of benzene rings is 3. The number of carbonyl (C=O) groups is 2. The minimum atomic E-state index is -4.80. The molecule has 1 aliphatic carbocycles. The maximum atomic E-state index is 14.7. The number of hydrogen-bond acceptors (Lipinski definition) is 6. The first-order valence-electron chi connectivity index (χ1n) is 14.9. The number of halogens is 3. The molecular weight excluding hydrogens is 599 g/mol. The summed E-state index contributed by atoms with van der Waals surface area (Å²) < 4.78 is 57.2. The first-order valence-corrected chi connectivity index (χ1v) is 14.9. The van der Waals surface area contributed by atoms with Crippen molar-refractivity contribution in [2.24, 2.45) is 5.73 Å². The second kappa shape index (κ2) is 12.3. The third-order valence-electron chi connectivity index (χ3n) is 7.96. The molecule has 5 aromatic rings. The molecule has 1 fully saturated rings. The molecule has 238 valence electrons. The van der Waals surface area contributed by atoms with Gasteiger partial charge >= 0.3 is 6.18 Å². The molecule has 2 heterocycles. The molecule has 0 saturated heterocycles. The summed E-state index contributed by atoms with van der Waals surface area (Å²) in [7, 11) is 1.45. The second-order valence-corrected chi connectivity index (χ2v) is 11.3. The van der Waals surface area contributed by atoms with Crippen molar-refractivity contribution in [1.29, 1.82) is 0 Å². The van der Waals surface area contributed by atoms with Gasteiger partial charge in [0, 0.05) is 34.8 Å². The predicted octanol–water partition coefficient (Wildman–Crippen LogP) is 6.10. The van der Waals surface area contributed by atoms with Crippen molar-refractivity contribution in [3.05, 3.63) is 83.7 Å². The number of aromatic nitrogens is 3. The van der Waals surface area contributed by atoms with Gasteiger partial charge in [-0.2, -0.15) is 18.3 Å². The van der Waals surface area contributed by atoms with E-state index in [-0.39, 0.29) is 41.3 Å². The Morgan fingerprint density at radius 2 is 1.83 bits per heavy atom. The summed E-state index contributed by atoms with van der Waals surface area (Å²) in [6.07, 6.45) is -1.34. The van der Waals surface area contributed by atoms with Gasteiger partial charge in [0.2, 0.25) is 5.91 Å². The third-order valence-corrected chi connectivity index (χ3v) is 7.96. The van der Waals surface area contributed by atoms with Crippen LogP contribution < -0.4 is 20.5 Å². The average molecular weight is 632 g/mol. The fraction of sp³-hybridized carbons (Fsp3) is 0.294. The van der Waals surface area contributed by atoms with Crippen LogP contribution in [-0.4, -0.2) is 53.0 Å². The van der Waals surface area contributed by atoms with Crippen LogP contribution in [0.5, 0.6) is 11.5 Å². The molecule has 0 spiro atoms. The van der Waals surface area contributed by atoms with E-state index in [0.29, 0.717) is 28.3 Å². The number of nitrogens with one attached hydrogen (secondary N) is 1. The lowest BCUT2D eigenvalue weighted by Crippen LogP contribution is -2.35. The highest BCUT2D eigenvalue weighted by molar-refractivity contribution is 6.00. The van der Waals surface area contributed by atoms with E-state index >= 15 is 0 Å². The van der Waals surface area contributed by atoms with E-state index in [1.54, 1.807) is 25.1 Å². The Morgan fingerprint density at radius 1 is 1.07 bits per heavy atom. The van der Waals surface area contributed by atoms with Crippen LogP contribution in [0.25, 0.3) is 32.9 Å². The number of rotatable bonds is 11. The number of fused-ring (bicyclic) bond motifs is 2. The summed E-state index contributed by atoms with van der Waals surface area (Å²) in [4.78, 5) is 29.8. The summed E-state index contributed by atoms with van der Waals surface area (Å²) >= 11 is 0. The van der Waals surface area contributed by atoms with E-state index in [9.17, 15) is 22.8 Å². The summed E-state index contributed by atoms with van der Waals surface area (Å²) in [5.41, 5.74) is 6.64. The molecule has 12 heteroatoms. The number of amides is 2. The standard InChI is InChI=1S/C34H32F3N5O4/c1-3-46-32-22(16-29(38)43)14-27(40-31(32)21-9-8-19-6-4-5-7-20(19)12-21)26(34(35,36)37)17-39-33(44)23-13-24-18-42(25-10-11-25)41-30(24)28(15-23)45-2/h4-9,12-15,18,25-26H,3,10-11,16-17H2,1-2H3,(H2,38,43)(H,39,44)/t26-/m1/s1. The number of carbonyl (C=O) groups excluding carboxylic acids is 2. The minimum Gasteiger partial charge on any atom is -0.494 e. The Labute approximate surface area is 262 Å². The van der Waals surface area contributed by atoms with Crippen molar-refractivity contribution >= 4 is 33.5 Å². The molecule has 1 saturated carbocycles. The Balaban J connectivity index is 1.37. The lowest BCUT2D eigenvalue weighted by molar-refractivity contribution is -0.149. The van der Waals surface area contributed by atoms with Gasteiger partial charge in [-0.15, -0.1) is 0 Å².